The van der Waals surface area contributed by atoms with Gasteiger partial charge in [-0.05, 0) is 45.7 Å². The highest BCUT2D eigenvalue weighted by molar-refractivity contribution is 5.75. The minimum atomic E-state index is -0.482. The van der Waals surface area contributed by atoms with Crippen LogP contribution < -0.4 is 4.74 Å². The van der Waals surface area contributed by atoms with Crippen molar-refractivity contribution < 1.29 is 14.3 Å². The Morgan fingerprint density at radius 2 is 2.17 bits per heavy atom. The number of fused-ring (bicyclic) bond motifs is 1. The number of hydrogen-bond acceptors (Lipinski definition) is 4. The van der Waals surface area contributed by atoms with Gasteiger partial charge in [-0.2, -0.15) is 4.98 Å². The predicted molar refractivity (Wildman–Crippen MR) is 87.6 cm³/mol. The van der Waals surface area contributed by atoms with Crippen LogP contribution >= 0.6 is 0 Å². The van der Waals surface area contributed by atoms with Crippen molar-refractivity contribution in [2.75, 3.05) is 13.2 Å². The number of aromatic nitrogens is 2. The molecule has 1 aromatic heterocycles. The molecule has 0 aliphatic carbocycles. The first-order valence-electron chi connectivity index (χ1n) is 7.99. The number of imidazole rings is 1. The molecular weight excluding hydrogens is 294 g/mol. The maximum absolute atomic E-state index is 12.2. The van der Waals surface area contributed by atoms with E-state index in [-0.39, 0.29) is 12.1 Å². The van der Waals surface area contributed by atoms with Crippen molar-refractivity contribution in [2.45, 2.75) is 45.3 Å². The second-order valence-corrected chi connectivity index (χ2v) is 6.84. The molecule has 1 fully saturated rings. The van der Waals surface area contributed by atoms with Crippen molar-refractivity contribution in [3.63, 3.8) is 0 Å². The summed E-state index contributed by atoms with van der Waals surface area (Å²) in [6.07, 6.45) is 1.61. The summed E-state index contributed by atoms with van der Waals surface area (Å²) in [5.41, 5.74) is 1.33. The standard InChI is InChI=1S/C17H23N3O3/c1-17(2,3)23-16(21)20-10-6-7-12(20)11-22-15-18-13-8-4-5-9-14(13)19-15/h4-5,8-9,12H,6-7,10-11H2,1-3H3,(H,18,19)/t12-/m1/s1. The highest BCUT2D eigenvalue weighted by Crippen LogP contribution is 2.22. The molecule has 1 N–H and O–H groups in total. The smallest absolute Gasteiger partial charge is 0.410 e. The summed E-state index contributed by atoms with van der Waals surface area (Å²) >= 11 is 0. The lowest BCUT2D eigenvalue weighted by Gasteiger charge is -2.28. The fourth-order valence-electron chi connectivity index (χ4n) is 2.74. The topological polar surface area (TPSA) is 67.4 Å². The summed E-state index contributed by atoms with van der Waals surface area (Å²) in [7, 11) is 0. The van der Waals surface area contributed by atoms with Crippen molar-refractivity contribution in [3.8, 4) is 6.01 Å². The number of likely N-dealkylation sites (tertiary alicyclic amines) is 1. The van der Waals surface area contributed by atoms with E-state index in [2.05, 4.69) is 9.97 Å². The Bertz CT molecular complexity index is 657. The summed E-state index contributed by atoms with van der Waals surface area (Å²) in [5, 5.41) is 0. The number of carbonyl (C=O) groups is 1. The number of nitrogens with zero attached hydrogens (tertiary/aromatic N) is 2. The Labute approximate surface area is 135 Å². The molecule has 3 rings (SSSR count). The third kappa shape index (κ3) is 3.75. The SMILES string of the molecule is CC(C)(C)OC(=O)N1CCC[C@@H]1COc1nc2ccccc2[nH]1. The lowest BCUT2D eigenvalue weighted by atomic mass is 10.2. The third-order valence-electron chi connectivity index (χ3n) is 3.79. The number of para-hydroxylation sites is 2. The van der Waals surface area contributed by atoms with Crippen molar-refractivity contribution in [1.82, 2.24) is 14.9 Å². The van der Waals surface area contributed by atoms with Gasteiger partial charge in [-0.1, -0.05) is 12.1 Å². The Morgan fingerprint density at radius 3 is 2.91 bits per heavy atom. The zero-order valence-corrected chi connectivity index (χ0v) is 13.8. The average molecular weight is 317 g/mol. The van der Waals surface area contributed by atoms with Crippen LogP contribution in [0.2, 0.25) is 0 Å². The molecule has 1 aliphatic rings. The lowest BCUT2D eigenvalue weighted by molar-refractivity contribution is 0.0184. The van der Waals surface area contributed by atoms with Crippen LogP contribution in [0, 0.1) is 0 Å². The van der Waals surface area contributed by atoms with Crippen LogP contribution in [0.15, 0.2) is 24.3 Å². The number of H-pyrrole nitrogens is 1. The summed E-state index contributed by atoms with van der Waals surface area (Å²) in [4.78, 5) is 21.5. The molecule has 1 saturated heterocycles. The second-order valence-electron chi connectivity index (χ2n) is 6.84. The Hall–Kier alpha value is -2.24. The third-order valence-corrected chi connectivity index (χ3v) is 3.79. The summed E-state index contributed by atoms with van der Waals surface area (Å²) in [6.45, 7) is 6.75. The molecule has 0 bridgehead atoms. The van der Waals surface area contributed by atoms with E-state index in [0.717, 1.165) is 23.9 Å². The normalized spacial score (nSPS) is 18.4. The van der Waals surface area contributed by atoms with Gasteiger partial charge in [0.1, 0.15) is 12.2 Å². The van der Waals surface area contributed by atoms with Gasteiger partial charge < -0.3 is 19.4 Å². The van der Waals surface area contributed by atoms with Gasteiger partial charge >= 0.3 is 6.09 Å². The van der Waals surface area contributed by atoms with E-state index < -0.39 is 5.60 Å². The van der Waals surface area contributed by atoms with Crippen molar-refractivity contribution in [1.29, 1.82) is 0 Å². The van der Waals surface area contributed by atoms with E-state index >= 15 is 0 Å². The summed E-state index contributed by atoms with van der Waals surface area (Å²) < 4.78 is 11.2. The van der Waals surface area contributed by atoms with E-state index in [9.17, 15) is 4.79 Å². The van der Waals surface area contributed by atoms with Crippen LogP contribution in [-0.2, 0) is 4.74 Å². The number of hydrogen-bond donors (Lipinski definition) is 1. The first-order valence-corrected chi connectivity index (χ1v) is 7.99. The van der Waals surface area contributed by atoms with Crippen molar-refractivity contribution in [2.24, 2.45) is 0 Å². The van der Waals surface area contributed by atoms with Gasteiger partial charge in [0.15, 0.2) is 0 Å². The van der Waals surface area contributed by atoms with E-state index in [1.54, 1.807) is 4.90 Å². The zero-order valence-electron chi connectivity index (χ0n) is 13.8. The fourth-order valence-corrected chi connectivity index (χ4v) is 2.74. The van der Waals surface area contributed by atoms with Gasteiger partial charge in [-0.3, -0.25) is 0 Å². The van der Waals surface area contributed by atoms with E-state index in [4.69, 9.17) is 9.47 Å². The van der Waals surface area contributed by atoms with E-state index in [0.29, 0.717) is 19.2 Å². The van der Waals surface area contributed by atoms with E-state index in [1.165, 1.54) is 0 Å². The highest BCUT2D eigenvalue weighted by atomic mass is 16.6. The highest BCUT2D eigenvalue weighted by Gasteiger charge is 2.32. The van der Waals surface area contributed by atoms with Gasteiger partial charge in [-0.25, -0.2) is 4.79 Å². The Morgan fingerprint density at radius 1 is 1.39 bits per heavy atom. The number of nitrogens with one attached hydrogen (secondary N) is 1. The molecule has 23 heavy (non-hydrogen) atoms. The molecule has 1 aliphatic heterocycles. The molecule has 0 spiro atoms. The molecule has 2 heterocycles. The summed E-state index contributed by atoms with van der Waals surface area (Å²) in [6, 6.07) is 8.29. The maximum Gasteiger partial charge on any atom is 0.410 e. The van der Waals surface area contributed by atoms with Crippen LogP contribution in [0.1, 0.15) is 33.6 Å². The Kier molecular flexibility index (Phi) is 4.15. The fraction of sp³-hybridized carbons (Fsp3) is 0.529. The largest absolute Gasteiger partial charge is 0.463 e. The number of rotatable bonds is 3. The first kappa shape index (κ1) is 15.6. The molecule has 124 valence electrons. The number of aromatic amines is 1. The molecular formula is C17H23N3O3. The van der Waals surface area contributed by atoms with Gasteiger partial charge in [0.25, 0.3) is 6.01 Å². The molecule has 2 aromatic rings. The van der Waals surface area contributed by atoms with E-state index in [1.807, 2.05) is 45.0 Å². The maximum atomic E-state index is 12.2. The number of amides is 1. The lowest BCUT2D eigenvalue weighted by Crippen LogP contribution is -2.42. The monoisotopic (exact) mass is 317 g/mol. The molecule has 6 heteroatoms. The van der Waals surface area contributed by atoms with Gasteiger partial charge in [-0.15, -0.1) is 0 Å². The Balaban J connectivity index is 1.61. The van der Waals surface area contributed by atoms with Crippen LogP contribution in [-0.4, -0.2) is 45.8 Å². The number of ether oxygens (including phenoxy) is 2. The molecule has 1 aromatic carbocycles. The van der Waals surface area contributed by atoms with Crippen LogP contribution in [0.4, 0.5) is 4.79 Å². The van der Waals surface area contributed by atoms with Gasteiger partial charge in [0, 0.05) is 6.54 Å². The molecule has 1 atom stereocenters. The van der Waals surface area contributed by atoms with Crippen LogP contribution in [0.3, 0.4) is 0 Å². The first-order chi connectivity index (χ1) is 10.9. The van der Waals surface area contributed by atoms with Gasteiger partial charge in [0.05, 0.1) is 17.1 Å². The van der Waals surface area contributed by atoms with Gasteiger partial charge in [0.2, 0.25) is 0 Å². The average Bonchev–Trinajstić information content (AvgIpc) is 3.09. The summed E-state index contributed by atoms with van der Waals surface area (Å²) in [5.74, 6) is 0. The predicted octanol–water partition coefficient (Wildman–Crippen LogP) is 3.34. The second kappa shape index (κ2) is 6.10. The molecule has 0 saturated carbocycles. The molecule has 1 amide bonds. The van der Waals surface area contributed by atoms with Crippen molar-refractivity contribution in [3.05, 3.63) is 24.3 Å². The minimum Gasteiger partial charge on any atom is -0.463 e. The zero-order chi connectivity index (χ0) is 16.4. The van der Waals surface area contributed by atoms with Crippen molar-refractivity contribution >= 4 is 17.1 Å². The molecule has 0 radical (unpaired) electrons. The van der Waals surface area contributed by atoms with Crippen LogP contribution in [0.5, 0.6) is 6.01 Å². The van der Waals surface area contributed by atoms with Crippen LogP contribution in [0.25, 0.3) is 11.0 Å². The number of benzene rings is 1. The number of carbonyl (C=O) groups excluding carboxylic acids is 1. The quantitative estimate of drug-likeness (QED) is 0.943. The minimum absolute atomic E-state index is 0.0260. The molecule has 0 unspecified atom stereocenters. The molecule has 6 nitrogen and oxygen atoms in total.